The number of amides is 1. The summed E-state index contributed by atoms with van der Waals surface area (Å²) in [6, 6.07) is 8.58. The fourth-order valence-electron chi connectivity index (χ4n) is 2.27. The van der Waals surface area contributed by atoms with Gasteiger partial charge < -0.3 is 10.6 Å². The highest BCUT2D eigenvalue weighted by atomic mass is 79.9. The van der Waals surface area contributed by atoms with Crippen LogP contribution in [0, 0.1) is 0 Å². The van der Waals surface area contributed by atoms with Crippen LogP contribution in [0.4, 0.5) is 0 Å². The molecule has 1 aromatic rings. The summed E-state index contributed by atoms with van der Waals surface area (Å²) >= 11 is 3.45. The fraction of sp³-hybridized carbons (Fsp3) is 0.500. The topological polar surface area (TPSA) is 41.1 Å². The number of nitrogens with one attached hydrogen (secondary N) is 2. The number of rotatable bonds is 5. The van der Waals surface area contributed by atoms with Gasteiger partial charge in [-0.25, -0.2) is 0 Å². The summed E-state index contributed by atoms with van der Waals surface area (Å²) in [4.78, 5) is 11.7. The summed E-state index contributed by atoms with van der Waals surface area (Å²) in [7, 11) is 0. The molecule has 0 spiro atoms. The van der Waals surface area contributed by atoms with Crippen LogP contribution in [0.2, 0.25) is 0 Å². The van der Waals surface area contributed by atoms with Crippen molar-refractivity contribution >= 4 is 21.8 Å². The van der Waals surface area contributed by atoms with E-state index in [2.05, 4.69) is 38.7 Å². The Labute approximate surface area is 116 Å². The Morgan fingerprint density at radius 3 is 3.11 bits per heavy atom. The molecular weight excluding hydrogens is 292 g/mol. The Morgan fingerprint density at radius 1 is 1.50 bits per heavy atom. The fourth-order valence-corrected chi connectivity index (χ4v) is 2.71. The van der Waals surface area contributed by atoms with Gasteiger partial charge in [0.25, 0.3) is 0 Å². The molecule has 2 N–H and O–H groups in total. The van der Waals surface area contributed by atoms with E-state index in [1.54, 1.807) is 0 Å². The van der Waals surface area contributed by atoms with Gasteiger partial charge >= 0.3 is 0 Å². The van der Waals surface area contributed by atoms with Crippen LogP contribution in [0.1, 0.15) is 24.8 Å². The Bertz CT molecular complexity index is 403. The molecule has 3 nitrogen and oxygen atoms in total. The predicted octanol–water partition coefficient (Wildman–Crippen LogP) is 2.25. The molecule has 0 radical (unpaired) electrons. The largest absolute Gasteiger partial charge is 0.356 e. The lowest BCUT2D eigenvalue weighted by Gasteiger charge is -2.10. The second kappa shape index (κ2) is 6.90. The minimum atomic E-state index is 0.157. The Morgan fingerprint density at radius 2 is 2.39 bits per heavy atom. The molecule has 1 aliphatic heterocycles. The highest BCUT2D eigenvalue weighted by Gasteiger charge is 2.16. The van der Waals surface area contributed by atoms with Crippen LogP contribution >= 0.6 is 15.9 Å². The summed E-state index contributed by atoms with van der Waals surface area (Å²) in [5.41, 5.74) is 1.24. The molecule has 1 saturated heterocycles. The number of carbonyl (C=O) groups is 1. The average molecular weight is 311 g/mol. The molecule has 1 fully saturated rings. The maximum Gasteiger partial charge on any atom is 0.221 e. The first kappa shape index (κ1) is 13.6. The van der Waals surface area contributed by atoms with Crippen molar-refractivity contribution < 1.29 is 4.79 Å². The van der Waals surface area contributed by atoms with Gasteiger partial charge in [0.2, 0.25) is 5.91 Å². The molecule has 1 amide bonds. The van der Waals surface area contributed by atoms with Crippen molar-refractivity contribution in [3.8, 4) is 0 Å². The van der Waals surface area contributed by atoms with E-state index in [9.17, 15) is 4.79 Å². The summed E-state index contributed by atoms with van der Waals surface area (Å²) in [5.74, 6) is 0.157. The summed E-state index contributed by atoms with van der Waals surface area (Å²) in [5, 5.41) is 6.32. The maximum absolute atomic E-state index is 11.7. The molecule has 1 unspecified atom stereocenters. The van der Waals surface area contributed by atoms with Gasteiger partial charge in [-0.2, -0.15) is 0 Å². The summed E-state index contributed by atoms with van der Waals surface area (Å²) in [6.07, 6.45) is 3.80. The van der Waals surface area contributed by atoms with Crippen LogP contribution in [-0.4, -0.2) is 25.0 Å². The van der Waals surface area contributed by atoms with Gasteiger partial charge in [-0.15, -0.1) is 0 Å². The molecule has 0 saturated carbocycles. The number of benzene rings is 1. The van der Waals surface area contributed by atoms with E-state index in [1.807, 2.05) is 12.1 Å². The molecule has 98 valence electrons. The van der Waals surface area contributed by atoms with E-state index in [0.717, 1.165) is 23.9 Å². The first-order chi connectivity index (χ1) is 8.74. The smallest absolute Gasteiger partial charge is 0.221 e. The SMILES string of the molecule is O=C(CC1CCCN1)NCCc1cccc(Br)c1. The number of hydrogen-bond acceptors (Lipinski definition) is 2. The highest BCUT2D eigenvalue weighted by Crippen LogP contribution is 2.12. The normalized spacial score (nSPS) is 18.8. The molecule has 1 aromatic carbocycles. The van der Waals surface area contributed by atoms with Crippen molar-refractivity contribution in [1.29, 1.82) is 0 Å². The van der Waals surface area contributed by atoms with E-state index >= 15 is 0 Å². The van der Waals surface area contributed by atoms with Crippen LogP contribution in [0.15, 0.2) is 28.7 Å². The van der Waals surface area contributed by atoms with Crippen molar-refractivity contribution in [2.75, 3.05) is 13.1 Å². The molecule has 1 atom stereocenters. The van der Waals surface area contributed by atoms with E-state index in [0.29, 0.717) is 19.0 Å². The van der Waals surface area contributed by atoms with Gasteiger partial charge in [-0.1, -0.05) is 28.1 Å². The van der Waals surface area contributed by atoms with E-state index in [-0.39, 0.29) is 5.91 Å². The van der Waals surface area contributed by atoms with E-state index in [1.165, 1.54) is 12.0 Å². The van der Waals surface area contributed by atoms with Crippen LogP contribution in [0.3, 0.4) is 0 Å². The molecule has 0 bridgehead atoms. The van der Waals surface area contributed by atoms with Gasteiger partial charge in [0.1, 0.15) is 0 Å². The van der Waals surface area contributed by atoms with Crippen molar-refractivity contribution in [3.63, 3.8) is 0 Å². The zero-order valence-corrected chi connectivity index (χ0v) is 12.0. The first-order valence-electron chi connectivity index (χ1n) is 6.48. The van der Waals surface area contributed by atoms with Gasteiger partial charge in [-0.05, 0) is 43.5 Å². The lowest BCUT2D eigenvalue weighted by Crippen LogP contribution is -2.32. The molecular formula is C14H19BrN2O. The van der Waals surface area contributed by atoms with E-state index < -0.39 is 0 Å². The van der Waals surface area contributed by atoms with Crippen molar-refractivity contribution in [2.45, 2.75) is 31.7 Å². The summed E-state index contributed by atoms with van der Waals surface area (Å²) in [6.45, 7) is 1.76. The highest BCUT2D eigenvalue weighted by molar-refractivity contribution is 9.10. The number of carbonyl (C=O) groups excluding carboxylic acids is 1. The molecule has 1 aliphatic rings. The van der Waals surface area contributed by atoms with Crippen molar-refractivity contribution in [3.05, 3.63) is 34.3 Å². The second-order valence-corrected chi connectivity index (χ2v) is 5.64. The van der Waals surface area contributed by atoms with Gasteiger partial charge in [0, 0.05) is 23.5 Å². The zero-order valence-electron chi connectivity index (χ0n) is 10.4. The van der Waals surface area contributed by atoms with Crippen molar-refractivity contribution in [2.24, 2.45) is 0 Å². The molecule has 4 heteroatoms. The predicted molar refractivity (Wildman–Crippen MR) is 76.5 cm³/mol. The molecule has 0 aliphatic carbocycles. The number of hydrogen-bond donors (Lipinski definition) is 2. The third-order valence-corrected chi connectivity index (χ3v) is 3.71. The van der Waals surface area contributed by atoms with E-state index in [4.69, 9.17) is 0 Å². The average Bonchev–Trinajstić information content (AvgIpc) is 2.82. The Hall–Kier alpha value is -0.870. The molecule has 1 heterocycles. The summed E-state index contributed by atoms with van der Waals surface area (Å²) < 4.78 is 1.08. The standard InChI is InChI=1S/C14H19BrN2O/c15-12-4-1-3-11(9-12)6-8-17-14(18)10-13-5-2-7-16-13/h1,3-4,9,13,16H,2,5-8,10H2,(H,17,18). The Kier molecular flexibility index (Phi) is 5.20. The van der Waals surface area contributed by atoms with Gasteiger partial charge in [0.15, 0.2) is 0 Å². The molecule has 18 heavy (non-hydrogen) atoms. The lowest BCUT2D eigenvalue weighted by atomic mass is 10.1. The maximum atomic E-state index is 11.7. The third kappa shape index (κ3) is 4.42. The minimum absolute atomic E-state index is 0.157. The van der Waals surface area contributed by atoms with Crippen LogP contribution in [0.25, 0.3) is 0 Å². The molecule has 2 rings (SSSR count). The van der Waals surface area contributed by atoms with Gasteiger partial charge in [0.05, 0.1) is 0 Å². The second-order valence-electron chi connectivity index (χ2n) is 4.73. The van der Waals surface area contributed by atoms with Crippen LogP contribution in [0.5, 0.6) is 0 Å². The van der Waals surface area contributed by atoms with Crippen LogP contribution < -0.4 is 10.6 Å². The quantitative estimate of drug-likeness (QED) is 0.876. The van der Waals surface area contributed by atoms with Gasteiger partial charge in [-0.3, -0.25) is 4.79 Å². The Balaban J connectivity index is 1.66. The van der Waals surface area contributed by atoms with Crippen LogP contribution in [-0.2, 0) is 11.2 Å². The lowest BCUT2D eigenvalue weighted by molar-refractivity contribution is -0.121. The number of halogens is 1. The monoisotopic (exact) mass is 310 g/mol. The molecule has 0 aromatic heterocycles. The third-order valence-electron chi connectivity index (χ3n) is 3.22. The van der Waals surface area contributed by atoms with Crippen molar-refractivity contribution in [1.82, 2.24) is 10.6 Å². The first-order valence-corrected chi connectivity index (χ1v) is 7.28. The zero-order chi connectivity index (χ0) is 12.8. The minimum Gasteiger partial charge on any atom is -0.356 e.